The Morgan fingerprint density at radius 2 is 1.14 bits per heavy atom. The van der Waals surface area contributed by atoms with E-state index < -0.39 is 18.1 Å². The number of carbonyl (C=O) groups is 2. The lowest BCUT2D eigenvalue weighted by Crippen LogP contribution is -2.44. The highest BCUT2D eigenvalue weighted by molar-refractivity contribution is 5.78. The third kappa shape index (κ3) is 15.0. The average molecular weight is 346 g/mol. The van der Waals surface area contributed by atoms with Crippen LogP contribution < -0.4 is 0 Å². The molecule has 0 aromatic rings. The van der Waals surface area contributed by atoms with Crippen LogP contribution in [-0.2, 0) is 19.1 Å². The smallest absolute Gasteiger partial charge is 0.465 e. The summed E-state index contributed by atoms with van der Waals surface area (Å²) in [7, 11) is 1.83. The molecular weight excluding hydrogens is 315 g/mol. The Morgan fingerprint density at radius 1 is 0.818 bits per heavy atom. The molecule has 0 saturated heterocycles. The van der Waals surface area contributed by atoms with Crippen molar-refractivity contribution >= 4 is 11.9 Å². The van der Waals surface area contributed by atoms with E-state index >= 15 is 0 Å². The number of methoxy groups -OCH3 is 2. The Hall–Kier alpha value is -1.41. The molecule has 0 aliphatic heterocycles. The summed E-state index contributed by atoms with van der Waals surface area (Å²) in [5.74, 6) is -8.18. The van der Waals surface area contributed by atoms with E-state index in [1.807, 2.05) is 0 Å². The molecule has 9 heteroatoms. The summed E-state index contributed by atoms with van der Waals surface area (Å²) >= 11 is 0. The quantitative estimate of drug-likeness (QED) is 0.515. The summed E-state index contributed by atoms with van der Waals surface area (Å²) in [5, 5.41) is 0. The van der Waals surface area contributed by atoms with Gasteiger partial charge in [-0.3, -0.25) is 4.79 Å². The highest BCUT2D eigenvalue weighted by Gasteiger charge is 2.64. The molecule has 0 N–H and O–H groups in total. The van der Waals surface area contributed by atoms with Gasteiger partial charge in [-0.25, -0.2) is 4.79 Å². The normalized spacial score (nSPS) is 8.55. The van der Waals surface area contributed by atoms with Gasteiger partial charge in [0.15, 0.2) is 0 Å². The highest BCUT2D eigenvalue weighted by atomic mass is 19.4. The summed E-state index contributed by atoms with van der Waals surface area (Å²) in [5.41, 5.74) is 0. The molecule has 0 aromatic heterocycles. The van der Waals surface area contributed by atoms with Gasteiger partial charge in [-0.1, -0.05) is 44.1 Å². The van der Waals surface area contributed by atoms with E-state index in [1.165, 1.54) is 7.11 Å². The number of halogens is 5. The average Bonchev–Trinajstić information content (AvgIpc) is 2.25. The Kier molecular flexibility index (Phi) is 34.3. The fourth-order valence-corrected chi connectivity index (χ4v) is 0.388. The maximum Gasteiger partial charge on any atom is 0.465 e. The molecule has 0 spiro atoms. The van der Waals surface area contributed by atoms with E-state index in [-0.39, 0.29) is 43.1 Å². The first-order valence-corrected chi connectivity index (χ1v) is 4.14. The zero-order valence-corrected chi connectivity index (χ0v) is 9.23. The Labute approximate surface area is 131 Å². The molecule has 22 heavy (non-hydrogen) atoms. The molecule has 0 amide bonds. The van der Waals surface area contributed by atoms with Gasteiger partial charge in [-0.2, -0.15) is 22.0 Å². The van der Waals surface area contributed by atoms with E-state index in [1.54, 1.807) is 6.92 Å². The third-order valence-electron chi connectivity index (χ3n) is 1.31. The van der Waals surface area contributed by atoms with Crippen LogP contribution in [0.3, 0.4) is 0 Å². The van der Waals surface area contributed by atoms with Gasteiger partial charge in [0.2, 0.25) is 0 Å². The Morgan fingerprint density at radius 3 is 1.18 bits per heavy atom. The Bertz CT molecular complexity index is 260. The van der Waals surface area contributed by atoms with Gasteiger partial charge in [0.05, 0.1) is 14.2 Å². The zero-order valence-electron chi connectivity index (χ0n) is 9.23. The molecule has 0 bridgehead atoms. The molecule has 0 unspecified atom stereocenters. The monoisotopic (exact) mass is 346 g/mol. The van der Waals surface area contributed by atoms with Crippen molar-refractivity contribution in [2.45, 2.75) is 62.6 Å². The number of hydrogen-bond acceptors (Lipinski definition) is 4. The van der Waals surface area contributed by atoms with Crippen molar-refractivity contribution < 1.29 is 41.0 Å². The van der Waals surface area contributed by atoms with Crippen LogP contribution in [0, 0.1) is 0 Å². The molecule has 0 atom stereocenters. The van der Waals surface area contributed by atoms with Crippen LogP contribution >= 0.6 is 0 Å². The van der Waals surface area contributed by atoms with Crippen LogP contribution in [0.25, 0.3) is 0 Å². The van der Waals surface area contributed by atoms with Crippen LogP contribution in [0.15, 0.2) is 0 Å². The fourth-order valence-electron chi connectivity index (χ4n) is 0.388. The zero-order chi connectivity index (χ0) is 14.3. The van der Waals surface area contributed by atoms with Crippen molar-refractivity contribution in [3.05, 3.63) is 0 Å². The van der Waals surface area contributed by atoms with Gasteiger partial charge < -0.3 is 9.47 Å². The van der Waals surface area contributed by atoms with E-state index in [0.717, 1.165) is 0 Å². The minimum atomic E-state index is -5.89. The van der Waals surface area contributed by atoms with Crippen molar-refractivity contribution in [2.75, 3.05) is 14.2 Å². The second-order valence-corrected chi connectivity index (χ2v) is 2.49. The summed E-state index contributed by atoms with van der Waals surface area (Å²) in [6, 6.07) is 0. The number of carbonyl (C=O) groups excluding carboxylic acids is 2. The SMILES string of the molecule is C.C.C.C.C.CCC(=O)OC.COC(=O)C(F)(F)C(F)(F)F. The third-order valence-corrected chi connectivity index (χ3v) is 1.31. The van der Waals surface area contributed by atoms with E-state index in [2.05, 4.69) is 9.47 Å². The van der Waals surface area contributed by atoms with Crippen molar-refractivity contribution in [3.8, 4) is 0 Å². The molecule has 0 saturated carbocycles. The van der Waals surface area contributed by atoms with Crippen LogP contribution in [0.5, 0.6) is 0 Å². The molecule has 0 radical (unpaired) electrons. The summed E-state index contributed by atoms with van der Waals surface area (Å²) in [4.78, 5) is 19.7. The van der Waals surface area contributed by atoms with Gasteiger partial charge in [-0.15, -0.1) is 0 Å². The molecule has 0 aromatic carbocycles. The van der Waals surface area contributed by atoms with E-state index in [0.29, 0.717) is 13.5 Å². The second-order valence-electron chi connectivity index (χ2n) is 2.49. The molecule has 0 fully saturated rings. The van der Waals surface area contributed by atoms with Gasteiger partial charge in [-0.05, 0) is 0 Å². The van der Waals surface area contributed by atoms with Crippen LogP contribution in [0.4, 0.5) is 22.0 Å². The van der Waals surface area contributed by atoms with E-state index in [4.69, 9.17) is 0 Å². The minimum Gasteiger partial charge on any atom is -0.469 e. The number of hydrogen-bond donors (Lipinski definition) is 0. The largest absolute Gasteiger partial charge is 0.469 e. The molecule has 0 aliphatic carbocycles. The van der Waals surface area contributed by atoms with Crippen molar-refractivity contribution in [2.24, 2.45) is 0 Å². The van der Waals surface area contributed by atoms with Crippen LogP contribution in [0.1, 0.15) is 50.5 Å². The van der Waals surface area contributed by atoms with Crippen molar-refractivity contribution in [1.82, 2.24) is 0 Å². The number of rotatable bonds is 2. The number of ether oxygens (including phenoxy) is 2. The number of esters is 2. The number of alkyl halides is 5. The summed E-state index contributed by atoms with van der Waals surface area (Å²) < 4.78 is 64.6. The first-order valence-electron chi connectivity index (χ1n) is 4.14. The fraction of sp³-hybridized carbons (Fsp3) is 0.846. The van der Waals surface area contributed by atoms with Crippen molar-refractivity contribution in [1.29, 1.82) is 0 Å². The van der Waals surface area contributed by atoms with Gasteiger partial charge in [0, 0.05) is 6.42 Å². The first-order chi connectivity index (χ1) is 7.54. The maximum absolute atomic E-state index is 11.7. The van der Waals surface area contributed by atoms with Crippen LogP contribution in [0.2, 0.25) is 0 Å². The van der Waals surface area contributed by atoms with Crippen molar-refractivity contribution in [3.63, 3.8) is 0 Å². The molecule has 142 valence electrons. The maximum atomic E-state index is 11.7. The highest BCUT2D eigenvalue weighted by Crippen LogP contribution is 2.35. The molecule has 4 nitrogen and oxygen atoms in total. The molecule has 0 aliphatic rings. The Balaban J connectivity index is -0.0000000366. The topological polar surface area (TPSA) is 52.6 Å². The predicted molar refractivity (Wildman–Crippen MR) is 79.0 cm³/mol. The van der Waals surface area contributed by atoms with E-state index in [9.17, 15) is 31.5 Å². The molecule has 0 rings (SSSR count). The van der Waals surface area contributed by atoms with Crippen LogP contribution in [-0.4, -0.2) is 38.3 Å². The van der Waals surface area contributed by atoms with Gasteiger partial charge in [0.25, 0.3) is 0 Å². The lowest BCUT2D eigenvalue weighted by molar-refractivity contribution is -0.279. The standard InChI is InChI=1S/C4H3F5O2.C4H8O2.5CH4/c1-11-2(10)3(5,6)4(7,8)9;1-3-4(5)6-2;;;;;/h1H3;3H2,1-2H3;5*1H4. The summed E-state index contributed by atoms with van der Waals surface area (Å²) in [6.07, 6.45) is -5.42. The van der Waals surface area contributed by atoms with Gasteiger partial charge >= 0.3 is 24.0 Å². The second kappa shape index (κ2) is 17.6. The summed E-state index contributed by atoms with van der Waals surface area (Å²) in [6.45, 7) is 1.76. The lowest BCUT2D eigenvalue weighted by atomic mass is 10.3. The minimum absolute atomic E-state index is 0. The first kappa shape index (κ1) is 42.8. The predicted octanol–water partition coefficient (Wildman–Crippen LogP) is 5.11. The lowest BCUT2D eigenvalue weighted by Gasteiger charge is -2.15. The molecule has 0 heterocycles. The molecular formula is C13H31F5O4. The van der Waals surface area contributed by atoms with Gasteiger partial charge in [0.1, 0.15) is 0 Å².